The summed E-state index contributed by atoms with van der Waals surface area (Å²) in [5.74, 6) is -0.788. The van der Waals surface area contributed by atoms with Crippen molar-refractivity contribution in [1.82, 2.24) is 0 Å². The Hall–Kier alpha value is -2.80. The maximum absolute atomic E-state index is 12.4. The monoisotopic (exact) mass is 387 g/mol. The van der Waals surface area contributed by atoms with E-state index in [9.17, 15) is 14.4 Å². The van der Waals surface area contributed by atoms with Crippen molar-refractivity contribution >= 4 is 35.1 Å². The van der Waals surface area contributed by atoms with E-state index in [2.05, 4.69) is 5.32 Å². The molecule has 6 nitrogen and oxygen atoms in total. The first-order chi connectivity index (χ1) is 12.8. The van der Waals surface area contributed by atoms with Crippen LogP contribution in [0.5, 0.6) is 5.75 Å². The zero-order valence-corrected chi connectivity index (χ0v) is 16.4. The van der Waals surface area contributed by atoms with Crippen molar-refractivity contribution in [2.24, 2.45) is 0 Å². The molecule has 0 heterocycles. The summed E-state index contributed by atoms with van der Waals surface area (Å²) in [7, 11) is 1.47. The summed E-state index contributed by atoms with van der Waals surface area (Å²) in [6.45, 7) is 2.95. The maximum atomic E-state index is 12.4. The summed E-state index contributed by atoms with van der Waals surface area (Å²) < 4.78 is 10.5. The summed E-state index contributed by atoms with van der Waals surface area (Å²) in [6.07, 6.45) is 0.914. The van der Waals surface area contributed by atoms with Crippen LogP contribution in [0.3, 0.4) is 0 Å². The van der Waals surface area contributed by atoms with Crippen LogP contribution in [0.15, 0.2) is 47.4 Å². The lowest BCUT2D eigenvalue weighted by Gasteiger charge is -2.15. The molecule has 0 aliphatic carbocycles. The van der Waals surface area contributed by atoms with Gasteiger partial charge in [0.05, 0.1) is 7.11 Å². The number of nitrogens with one attached hydrogen (secondary N) is 1. The van der Waals surface area contributed by atoms with Gasteiger partial charge in [-0.05, 0) is 62.6 Å². The number of ether oxygens (including phenoxy) is 2. The van der Waals surface area contributed by atoms with Crippen LogP contribution in [0.4, 0.5) is 5.69 Å². The molecular weight excluding hydrogens is 366 g/mol. The lowest BCUT2D eigenvalue weighted by molar-refractivity contribution is -0.123. The first kappa shape index (κ1) is 20.5. The average molecular weight is 387 g/mol. The molecule has 0 saturated heterocycles. The first-order valence-electron chi connectivity index (χ1n) is 8.20. The van der Waals surface area contributed by atoms with Gasteiger partial charge in [0.25, 0.3) is 5.91 Å². The van der Waals surface area contributed by atoms with Gasteiger partial charge in [-0.25, -0.2) is 4.79 Å². The second-order valence-electron chi connectivity index (χ2n) is 5.74. The number of Topliss-reactive ketones (excluding diaryl/α,β-unsaturated/α-hetero) is 1. The van der Waals surface area contributed by atoms with E-state index in [0.29, 0.717) is 17.0 Å². The molecule has 2 aromatic rings. The van der Waals surface area contributed by atoms with Crippen LogP contribution >= 0.6 is 11.8 Å². The van der Waals surface area contributed by atoms with Crippen LogP contribution in [0.2, 0.25) is 0 Å². The molecule has 0 fully saturated rings. The van der Waals surface area contributed by atoms with E-state index in [0.717, 1.165) is 4.90 Å². The molecule has 2 aromatic carbocycles. The quantitative estimate of drug-likeness (QED) is 0.442. The molecule has 142 valence electrons. The van der Waals surface area contributed by atoms with Crippen molar-refractivity contribution in [2.75, 3.05) is 18.7 Å². The SMILES string of the molecule is COc1cc(SC)ccc1C(=O)OC(C)C(=O)Nc1ccc(C(C)=O)cc1. The van der Waals surface area contributed by atoms with Crippen LogP contribution < -0.4 is 10.1 Å². The van der Waals surface area contributed by atoms with E-state index < -0.39 is 18.0 Å². The maximum Gasteiger partial charge on any atom is 0.342 e. The number of carbonyl (C=O) groups excluding carboxylic acids is 3. The average Bonchev–Trinajstić information content (AvgIpc) is 2.67. The van der Waals surface area contributed by atoms with Gasteiger partial charge >= 0.3 is 5.97 Å². The summed E-state index contributed by atoms with van der Waals surface area (Å²) in [5, 5.41) is 2.65. The van der Waals surface area contributed by atoms with Gasteiger partial charge in [0.15, 0.2) is 11.9 Å². The van der Waals surface area contributed by atoms with E-state index in [1.807, 2.05) is 6.26 Å². The fourth-order valence-electron chi connectivity index (χ4n) is 2.28. The lowest BCUT2D eigenvalue weighted by Crippen LogP contribution is -2.30. The highest BCUT2D eigenvalue weighted by molar-refractivity contribution is 7.98. The molecule has 0 radical (unpaired) electrons. The van der Waals surface area contributed by atoms with Crippen LogP contribution in [0, 0.1) is 0 Å². The van der Waals surface area contributed by atoms with Crippen LogP contribution in [0.1, 0.15) is 34.6 Å². The largest absolute Gasteiger partial charge is 0.496 e. The second kappa shape index (κ2) is 9.23. The molecule has 1 atom stereocenters. The van der Waals surface area contributed by atoms with Gasteiger partial charge in [-0.1, -0.05) is 0 Å². The number of methoxy groups -OCH3 is 1. The van der Waals surface area contributed by atoms with Crippen molar-refractivity contribution in [3.05, 3.63) is 53.6 Å². The Morgan fingerprint density at radius 2 is 1.74 bits per heavy atom. The number of hydrogen-bond acceptors (Lipinski definition) is 6. The highest BCUT2D eigenvalue weighted by atomic mass is 32.2. The summed E-state index contributed by atoms with van der Waals surface area (Å²) >= 11 is 1.52. The fraction of sp³-hybridized carbons (Fsp3) is 0.250. The van der Waals surface area contributed by atoms with E-state index >= 15 is 0 Å². The van der Waals surface area contributed by atoms with Crippen molar-refractivity contribution in [1.29, 1.82) is 0 Å². The summed E-state index contributed by atoms with van der Waals surface area (Å²) in [4.78, 5) is 36.9. The Morgan fingerprint density at radius 1 is 1.07 bits per heavy atom. The Morgan fingerprint density at radius 3 is 2.30 bits per heavy atom. The minimum Gasteiger partial charge on any atom is -0.496 e. The number of carbonyl (C=O) groups is 3. The van der Waals surface area contributed by atoms with Gasteiger partial charge in [0.1, 0.15) is 11.3 Å². The lowest BCUT2D eigenvalue weighted by atomic mass is 10.1. The number of benzene rings is 2. The third-order valence-corrected chi connectivity index (χ3v) is 4.57. The Kier molecular flexibility index (Phi) is 7.01. The Labute approximate surface area is 162 Å². The van der Waals surface area contributed by atoms with E-state index in [1.165, 1.54) is 32.7 Å². The third-order valence-electron chi connectivity index (χ3n) is 3.84. The third kappa shape index (κ3) is 5.34. The summed E-state index contributed by atoms with van der Waals surface area (Å²) in [5.41, 5.74) is 1.31. The molecular formula is C20H21NO5S. The van der Waals surface area contributed by atoms with Gasteiger partial charge < -0.3 is 14.8 Å². The number of esters is 1. The first-order valence-corrected chi connectivity index (χ1v) is 9.43. The summed E-state index contributed by atoms with van der Waals surface area (Å²) in [6, 6.07) is 11.6. The van der Waals surface area contributed by atoms with Crippen LogP contribution in [-0.2, 0) is 9.53 Å². The Balaban J connectivity index is 2.03. The number of anilines is 1. The molecule has 1 unspecified atom stereocenters. The molecule has 1 N–H and O–H groups in total. The van der Waals surface area contributed by atoms with Crippen molar-refractivity contribution in [3.63, 3.8) is 0 Å². The van der Waals surface area contributed by atoms with Gasteiger partial charge in [0, 0.05) is 16.1 Å². The van der Waals surface area contributed by atoms with Crippen LogP contribution in [0.25, 0.3) is 0 Å². The van der Waals surface area contributed by atoms with Crippen LogP contribution in [-0.4, -0.2) is 37.1 Å². The highest BCUT2D eigenvalue weighted by Gasteiger charge is 2.21. The van der Waals surface area contributed by atoms with Crippen molar-refractivity contribution in [3.8, 4) is 5.75 Å². The van der Waals surface area contributed by atoms with Gasteiger partial charge in [-0.3, -0.25) is 9.59 Å². The van der Waals surface area contributed by atoms with Crippen molar-refractivity contribution in [2.45, 2.75) is 24.8 Å². The minimum atomic E-state index is -1.00. The number of hydrogen-bond donors (Lipinski definition) is 1. The molecule has 2 rings (SSSR count). The van der Waals surface area contributed by atoms with Gasteiger partial charge in [-0.15, -0.1) is 11.8 Å². The molecule has 0 aliphatic rings. The topological polar surface area (TPSA) is 81.7 Å². The zero-order valence-electron chi connectivity index (χ0n) is 15.6. The molecule has 0 aromatic heterocycles. The molecule has 1 amide bonds. The number of amides is 1. The van der Waals surface area contributed by atoms with Gasteiger partial charge in [0.2, 0.25) is 0 Å². The second-order valence-corrected chi connectivity index (χ2v) is 6.62. The number of rotatable bonds is 7. The predicted molar refractivity (Wildman–Crippen MR) is 105 cm³/mol. The fourth-order valence-corrected chi connectivity index (χ4v) is 2.71. The molecule has 0 spiro atoms. The molecule has 0 saturated carbocycles. The number of ketones is 1. The molecule has 0 aliphatic heterocycles. The highest BCUT2D eigenvalue weighted by Crippen LogP contribution is 2.26. The molecule has 7 heteroatoms. The molecule has 27 heavy (non-hydrogen) atoms. The van der Waals surface area contributed by atoms with E-state index in [4.69, 9.17) is 9.47 Å². The smallest absolute Gasteiger partial charge is 0.342 e. The van der Waals surface area contributed by atoms with E-state index in [-0.39, 0.29) is 11.3 Å². The number of thioether (sulfide) groups is 1. The van der Waals surface area contributed by atoms with E-state index in [1.54, 1.807) is 42.5 Å². The predicted octanol–water partition coefficient (Wildman–Crippen LogP) is 3.80. The normalized spacial score (nSPS) is 11.4. The van der Waals surface area contributed by atoms with Gasteiger partial charge in [-0.2, -0.15) is 0 Å². The molecule has 0 bridgehead atoms. The minimum absolute atomic E-state index is 0.0587. The zero-order chi connectivity index (χ0) is 20.0. The Bertz CT molecular complexity index is 848. The van der Waals surface area contributed by atoms with Crippen molar-refractivity contribution < 1.29 is 23.9 Å². The standard InChI is InChI=1S/C20H21NO5S/c1-12(22)14-5-7-15(8-6-14)21-19(23)13(2)26-20(24)17-10-9-16(27-4)11-18(17)25-3/h5-11,13H,1-4H3,(H,21,23).